The maximum absolute atomic E-state index is 11.8. The molecular weight excluding hydrogens is 326 g/mol. The van der Waals surface area contributed by atoms with Crippen LogP contribution in [-0.4, -0.2) is 79.3 Å². The minimum Gasteiger partial charge on any atom is -0.450 e. The number of ether oxygens (including phenoxy) is 1. The first kappa shape index (κ1) is 18.9. The summed E-state index contributed by atoms with van der Waals surface area (Å²) >= 11 is 0. The van der Waals surface area contributed by atoms with E-state index < -0.39 is 0 Å². The van der Waals surface area contributed by atoms with Crippen LogP contribution in [0.15, 0.2) is 36.4 Å². The van der Waals surface area contributed by atoms with E-state index in [0.717, 1.165) is 39.3 Å². The molecule has 2 fully saturated rings. The van der Waals surface area contributed by atoms with Gasteiger partial charge in [0.2, 0.25) is 0 Å². The smallest absolute Gasteiger partial charge is 0.409 e. The molecule has 0 N–H and O–H groups in total. The summed E-state index contributed by atoms with van der Waals surface area (Å²) in [6, 6.07) is 11.1. The van der Waals surface area contributed by atoms with E-state index in [-0.39, 0.29) is 6.09 Å². The summed E-state index contributed by atoms with van der Waals surface area (Å²) in [5.41, 5.74) is 1.26. The van der Waals surface area contributed by atoms with E-state index in [2.05, 4.69) is 46.2 Å². The van der Waals surface area contributed by atoms with Crippen LogP contribution in [0.2, 0.25) is 0 Å². The fourth-order valence-electron chi connectivity index (χ4n) is 3.88. The molecule has 1 aromatic rings. The Bertz CT molecular complexity index is 582. The lowest BCUT2D eigenvalue weighted by Crippen LogP contribution is -2.56. The molecular formula is C21H31N3O2. The zero-order valence-corrected chi connectivity index (χ0v) is 15.8. The maximum Gasteiger partial charge on any atom is 0.409 e. The van der Waals surface area contributed by atoms with Crippen LogP contribution in [0, 0.1) is 0 Å². The molecule has 1 aromatic carbocycles. The standard InChI is InChI=1S/C21H31N3O2/c1-2-26-21(25)24-16-14-23(15-17-24)20-11-7-13-22(18-20)12-6-10-19-8-4-3-5-9-19/h3-6,8-10,20H,2,7,11-18H2,1H3. The Kier molecular flexibility index (Phi) is 7.09. The molecule has 142 valence electrons. The van der Waals surface area contributed by atoms with Crippen LogP contribution < -0.4 is 0 Å². The second-order valence-electron chi connectivity index (χ2n) is 7.09. The molecule has 26 heavy (non-hydrogen) atoms. The van der Waals surface area contributed by atoms with E-state index >= 15 is 0 Å². The van der Waals surface area contributed by atoms with Gasteiger partial charge in [0.15, 0.2) is 0 Å². The lowest BCUT2D eigenvalue weighted by Gasteiger charge is -2.43. The topological polar surface area (TPSA) is 36.0 Å². The second-order valence-corrected chi connectivity index (χ2v) is 7.09. The fraction of sp³-hybridized carbons (Fsp3) is 0.571. The summed E-state index contributed by atoms with van der Waals surface area (Å²) in [5.74, 6) is 0. The summed E-state index contributed by atoms with van der Waals surface area (Å²) < 4.78 is 5.11. The van der Waals surface area contributed by atoms with Crippen LogP contribution in [0.5, 0.6) is 0 Å². The molecule has 2 saturated heterocycles. The minimum atomic E-state index is -0.163. The Morgan fingerprint density at radius 2 is 1.92 bits per heavy atom. The summed E-state index contributed by atoms with van der Waals surface area (Å²) in [6.45, 7) is 9.09. The quantitative estimate of drug-likeness (QED) is 0.812. The van der Waals surface area contributed by atoms with Gasteiger partial charge in [0.25, 0.3) is 0 Å². The molecule has 1 unspecified atom stereocenters. The zero-order chi connectivity index (χ0) is 18.2. The monoisotopic (exact) mass is 357 g/mol. The van der Waals surface area contributed by atoms with Crippen molar-refractivity contribution in [2.24, 2.45) is 0 Å². The molecule has 1 atom stereocenters. The average Bonchev–Trinajstić information content (AvgIpc) is 2.69. The normalized spacial score (nSPS) is 22.7. The van der Waals surface area contributed by atoms with Gasteiger partial charge >= 0.3 is 6.09 Å². The number of benzene rings is 1. The highest BCUT2D eigenvalue weighted by atomic mass is 16.6. The molecule has 0 spiro atoms. The van der Waals surface area contributed by atoms with E-state index in [1.165, 1.54) is 24.9 Å². The van der Waals surface area contributed by atoms with Gasteiger partial charge < -0.3 is 9.64 Å². The van der Waals surface area contributed by atoms with Gasteiger partial charge in [0.05, 0.1) is 6.61 Å². The van der Waals surface area contributed by atoms with Gasteiger partial charge in [-0.2, -0.15) is 0 Å². The van der Waals surface area contributed by atoms with Crippen molar-refractivity contribution in [2.75, 3.05) is 52.4 Å². The summed E-state index contributed by atoms with van der Waals surface area (Å²) in [5, 5.41) is 0. The lowest BCUT2D eigenvalue weighted by molar-refractivity contribution is 0.0450. The summed E-state index contributed by atoms with van der Waals surface area (Å²) in [6.07, 6.45) is 6.83. The van der Waals surface area contributed by atoms with Crippen LogP contribution in [-0.2, 0) is 4.74 Å². The van der Waals surface area contributed by atoms with Crippen molar-refractivity contribution in [1.29, 1.82) is 0 Å². The molecule has 1 amide bonds. The predicted octanol–water partition coefficient (Wildman–Crippen LogP) is 2.94. The summed E-state index contributed by atoms with van der Waals surface area (Å²) in [4.78, 5) is 18.8. The van der Waals surface area contributed by atoms with Gasteiger partial charge in [-0.3, -0.25) is 9.80 Å². The number of nitrogens with zero attached hydrogens (tertiary/aromatic N) is 3. The van der Waals surface area contributed by atoms with E-state index in [9.17, 15) is 4.79 Å². The molecule has 2 aliphatic heterocycles. The van der Waals surface area contributed by atoms with Gasteiger partial charge in [0.1, 0.15) is 0 Å². The van der Waals surface area contributed by atoms with Gasteiger partial charge in [-0.05, 0) is 31.9 Å². The molecule has 5 nitrogen and oxygen atoms in total. The maximum atomic E-state index is 11.8. The van der Waals surface area contributed by atoms with Gasteiger partial charge in [-0.1, -0.05) is 42.5 Å². The number of amides is 1. The predicted molar refractivity (Wildman–Crippen MR) is 105 cm³/mol. The number of piperazine rings is 1. The zero-order valence-electron chi connectivity index (χ0n) is 15.8. The molecule has 0 bridgehead atoms. The van der Waals surface area contributed by atoms with Gasteiger partial charge in [-0.25, -0.2) is 4.79 Å². The highest BCUT2D eigenvalue weighted by molar-refractivity contribution is 5.67. The molecule has 5 heteroatoms. The van der Waals surface area contributed by atoms with E-state index in [1.54, 1.807) is 0 Å². The van der Waals surface area contributed by atoms with Crippen LogP contribution >= 0.6 is 0 Å². The molecule has 3 rings (SSSR count). The number of hydrogen-bond acceptors (Lipinski definition) is 4. The van der Waals surface area contributed by atoms with Crippen molar-refractivity contribution in [3.05, 3.63) is 42.0 Å². The van der Waals surface area contributed by atoms with Gasteiger partial charge in [0, 0.05) is 45.3 Å². The molecule has 2 aliphatic rings. The first-order chi connectivity index (χ1) is 12.8. The first-order valence-electron chi connectivity index (χ1n) is 9.86. The number of rotatable bonds is 5. The number of carbonyl (C=O) groups excluding carboxylic acids is 1. The SMILES string of the molecule is CCOC(=O)N1CCN(C2CCCN(CC=Cc3ccccc3)C2)CC1. The second kappa shape index (κ2) is 9.74. The van der Waals surface area contributed by atoms with Crippen molar-refractivity contribution >= 4 is 12.2 Å². The Hall–Kier alpha value is -1.85. The molecule has 0 aliphatic carbocycles. The Morgan fingerprint density at radius 3 is 2.65 bits per heavy atom. The average molecular weight is 357 g/mol. The largest absolute Gasteiger partial charge is 0.450 e. The molecule has 2 heterocycles. The van der Waals surface area contributed by atoms with Crippen LogP contribution in [0.3, 0.4) is 0 Å². The van der Waals surface area contributed by atoms with Crippen molar-refractivity contribution in [1.82, 2.24) is 14.7 Å². The third-order valence-electron chi connectivity index (χ3n) is 5.31. The van der Waals surface area contributed by atoms with Crippen LogP contribution in [0.25, 0.3) is 6.08 Å². The van der Waals surface area contributed by atoms with E-state index in [1.807, 2.05) is 17.9 Å². The van der Waals surface area contributed by atoms with Gasteiger partial charge in [-0.15, -0.1) is 0 Å². The lowest BCUT2D eigenvalue weighted by atomic mass is 10.0. The van der Waals surface area contributed by atoms with E-state index in [0.29, 0.717) is 12.6 Å². The van der Waals surface area contributed by atoms with Crippen molar-refractivity contribution in [2.45, 2.75) is 25.8 Å². The van der Waals surface area contributed by atoms with Crippen molar-refractivity contribution in [3.63, 3.8) is 0 Å². The minimum absolute atomic E-state index is 0.163. The number of hydrogen-bond donors (Lipinski definition) is 0. The van der Waals surface area contributed by atoms with Crippen LogP contribution in [0.1, 0.15) is 25.3 Å². The van der Waals surface area contributed by atoms with Crippen molar-refractivity contribution in [3.8, 4) is 0 Å². The Morgan fingerprint density at radius 1 is 1.15 bits per heavy atom. The first-order valence-corrected chi connectivity index (χ1v) is 9.86. The highest BCUT2D eigenvalue weighted by Crippen LogP contribution is 2.18. The number of likely N-dealkylation sites (tertiary alicyclic amines) is 1. The summed E-state index contributed by atoms with van der Waals surface area (Å²) in [7, 11) is 0. The third-order valence-corrected chi connectivity index (χ3v) is 5.31. The Labute approximate surface area is 157 Å². The van der Waals surface area contributed by atoms with Crippen molar-refractivity contribution < 1.29 is 9.53 Å². The fourth-order valence-corrected chi connectivity index (χ4v) is 3.88. The number of carbonyl (C=O) groups is 1. The Balaban J connectivity index is 1.44. The molecule has 0 aromatic heterocycles. The number of piperidine rings is 1. The van der Waals surface area contributed by atoms with Crippen LogP contribution in [0.4, 0.5) is 4.79 Å². The molecule has 0 radical (unpaired) electrons. The molecule has 0 saturated carbocycles. The van der Waals surface area contributed by atoms with E-state index in [4.69, 9.17) is 4.74 Å². The highest BCUT2D eigenvalue weighted by Gasteiger charge is 2.29. The third kappa shape index (κ3) is 5.32.